The van der Waals surface area contributed by atoms with E-state index < -0.39 is 12.3 Å². The Labute approximate surface area is 88.9 Å². The summed E-state index contributed by atoms with van der Waals surface area (Å²) in [6.07, 6.45) is -3.62. The zero-order valence-corrected chi connectivity index (χ0v) is 7.40. The third kappa shape index (κ3) is 22.5. The van der Waals surface area contributed by atoms with E-state index in [9.17, 15) is 9.59 Å². The van der Waals surface area contributed by atoms with Gasteiger partial charge in [0.15, 0.2) is 0 Å². The third-order valence-corrected chi connectivity index (χ3v) is 0.991. The van der Waals surface area contributed by atoms with Crippen molar-refractivity contribution in [1.29, 1.82) is 0 Å². The van der Waals surface area contributed by atoms with E-state index in [1.807, 2.05) is 0 Å². The van der Waals surface area contributed by atoms with E-state index in [0.29, 0.717) is 0 Å². The SMILES string of the molecule is O=C(O)OC(=O)O.[Li][CH2][CH]([Li])C. The molecular formula is C5H8Li2O5. The van der Waals surface area contributed by atoms with Gasteiger partial charge < -0.3 is 14.9 Å². The third-order valence-electron chi connectivity index (χ3n) is 0.991. The van der Waals surface area contributed by atoms with Gasteiger partial charge in [0.05, 0.1) is 0 Å². The van der Waals surface area contributed by atoms with Crippen molar-refractivity contribution in [3.05, 3.63) is 0 Å². The molecule has 0 aliphatic carbocycles. The van der Waals surface area contributed by atoms with Crippen LogP contribution in [-0.2, 0) is 4.74 Å². The monoisotopic (exact) mass is 162 g/mol. The van der Waals surface area contributed by atoms with Gasteiger partial charge in [-0.15, -0.1) is 0 Å². The van der Waals surface area contributed by atoms with E-state index in [-0.39, 0.29) is 0 Å². The fourth-order valence-electron chi connectivity index (χ4n) is 0.0747. The first-order valence-corrected chi connectivity index (χ1v) is 3.53. The molecular weight excluding hydrogens is 154 g/mol. The molecule has 0 rings (SSSR count). The second-order valence-electron chi connectivity index (χ2n) is 2.44. The van der Waals surface area contributed by atoms with Gasteiger partial charge in [0, 0.05) is 0 Å². The summed E-state index contributed by atoms with van der Waals surface area (Å²) < 4.78 is 3.97. The number of hydrogen-bond acceptors (Lipinski definition) is 3. The van der Waals surface area contributed by atoms with Gasteiger partial charge in [-0.3, -0.25) is 0 Å². The minimum absolute atomic E-state index is 0.884. The molecule has 12 heavy (non-hydrogen) atoms. The molecule has 0 saturated heterocycles. The topological polar surface area (TPSA) is 83.8 Å². The van der Waals surface area contributed by atoms with Gasteiger partial charge in [-0.2, -0.15) is 0 Å². The molecule has 0 aliphatic heterocycles. The fourth-order valence-corrected chi connectivity index (χ4v) is 0.0747. The quantitative estimate of drug-likeness (QED) is 0.340. The molecule has 1 atom stereocenters. The molecule has 0 aromatic rings. The van der Waals surface area contributed by atoms with Gasteiger partial charge in [-0.1, -0.05) is 0 Å². The Morgan fingerprint density at radius 1 is 1.42 bits per heavy atom. The first-order chi connectivity index (χ1) is 5.40. The maximum absolute atomic E-state index is 9.21. The molecule has 0 amide bonds. The first-order valence-electron chi connectivity index (χ1n) is 3.53. The van der Waals surface area contributed by atoms with Crippen molar-refractivity contribution in [2.75, 3.05) is 0 Å². The summed E-state index contributed by atoms with van der Waals surface area (Å²) in [5, 5.41) is 16.3. The molecule has 60 valence electrons. The van der Waals surface area contributed by atoms with Gasteiger partial charge in [-0.25, -0.2) is 9.59 Å². The van der Waals surface area contributed by atoms with E-state index >= 15 is 0 Å². The zero-order valence-electron chi connectivity index (χ0n) is 7.40. The Bertz CT molecular complexity index is 135. The Kier molecular flexibility index (Phi) is 10.9. The molecule has 5 nitrogen and oxygen atoms in total. The van der Waals surface area contributed by atoms with Crippen LogP contribution < -0.4 is 0 Å². The van der Waals surface area contributed by atoms with Crippen LogP contribution in [0.2, 0.25) is 9.68 Å². The van der Waals surface area contributed by atoms with Crippen molar-refractivity contribution in [3.63, 3.8) is 0 Å². The van der Waals surface area contributed by atoms with E-state index in [1.54, 1.807) is 0 Å². The van der Waals surface area contributed by atoms with Gasteiger partial charge in [-0.05, 0) is 0 Å². The molecule has 0 aromatic carbocycles. The Morgan fingerprint density at radius 2 is 1.67 bits per heavy atom. The minimum atomic E-state index is -1.81. The summed E-state index contributed by atoms with van der Waals surface area (Å²) in [6, 6.07) is 0. The summed E-state index contributed by atoms with van der Waals surface area (Å²) in [4.78, 5) is 18.4. The van der Waals surface area contributed by atoms with Gasteiger partial charge in [0.2, 0.25) is 0 Å². The van der Waals surface area contributed by atoms with E-state index in [0.717, 1.165) is 4.59 Å². The van der Waals surface area contributed by atoms with Crippen LogP contribution in [0.5, 0.6) is 0 Å². The molecule has 0 bridgehead atoms. The van der Waals surface area contributed by atoms with Crippen molar-refractivity contribution in [2.45, 2.75) is 16.6 Å². The summed E-state index contributed by atoms with van der Waals surface area (Å²) in [7, 11) is 0. The Hall–Kier alpha value is -0.0652. The normalized spacial score (nSPS) is 10.8. The van der Waals surface area contributed by atoms with Crippen LogP contribution in [0.15, 0.2) is 0 Å². The molecule has 0 saturated carbocycles. The number of ether oxygens (including phenoxy) is 1. The summed E-state index contributed by atoms with van der Waals surface area (Å²) in [5.74, 6) is 0. The van der Waals surface area contributed by atoms with Gasteiger partial charge >= 0.3 is 64.3 Å². The second kappa shape index (κ2) is 9.03. The van der Waals surface area contributed by atoms with Crippen molar-refractivity contribution in [3.8, 4) is 0 Å². The van der Waals surface area contributed by atoms with Crippen LogP contribution in [0.4, 0.5) is 9.59 Å². The predicted molar refractivity (Wildman–Crippen MR) is 42.9 cm³/mol. The van der Waals surface area contributed by atoms with E-state index in [2.05, 4.69) is 47.1 Å². The fraction of sp³-hybridized carbons (Fsp3) is 0.600. The molecule has 0 heterocycles. The molecule has 0 fully saturated rings. The van der Waals surface area contributed by atoms with Crippen molar-refractivity contribution >= 4 is 47.7 Å². The van der Waals surface area contributed by atoms with Gasteiger partial charge in [0.25, 0.3) is 0 Å². The number of carboxylic acid groups (broad SMARTS) is 2. The van der Waals surface area contributed by atoms with Crippen LogP contribution in [-0.4, -0.2) is 58.0 Å². The Balaban J connectivity index is 0. The summed E-state index contributed by atoms with van der Waals surface area (Å²) in [5.41, 5.74) is 0. The zero-order chi connectivity index (χ0) is 10.1. The van der Waals surface area contributed by atoms with Crippen LogP contribution in [0.1, 0.15) is 6.92 Å². The number of rotatable bonds is 1. The van der Waals surface area contributed by atoms with Crippen molar-refractivity contribution in [1.82, 2.24) is 0 Å². The molecule has 7 heteroatoms. The van der Waals surface area contributed by atoms with Crippen molar-refractivity contribution < 1.29 is 24.5 Å². The average molecular weight is 162 g/mol. The molecule has 0 spiro atoms. The van der Waals surface area contributed by atoms with Gasteiger partial charge in [0.1, 0.15) is 0 Å². The van der Waals surface area contributed by atoms with Crippen LogP contribution >= 0.6 is 0 Å². The van der Waals surface area contributed by atoms with Crippen LogP contribution in [0.3, 0.4) is 0 Å². The van der Waals surface area contributed by atoms with Crippen LogP contribution in [0, 0.1) is 0 Å². The molecule has 0 aromatic heterocycles. The second-order valence-corrected chi connectivity index (χ2v) is 2.44. The molecule has 2 N–H and O–H groups in total. The maximum atomic E-state index is 9.21. The van der Waals surface area contributed by atoms with Crippen molar-refractivity contribution in [2.24, 2.45) is 0 Å². The summed E-state index contributed by atoms with van der Waals surface area (Å²) >= 11 is 4.42. The van der Waals surface area contributed by atoms with E-state index in [1.165, 1.54) is 5.09 Å². The molecule has 0 radical (unpaired) electrons. The van der Waals surface area contributed by atoms with Crippen LogP contribution in [0.25, 0.3) is 0 Å². The van der Waals surface area contributed by atoms with E-state index in [4.69, 9.17) is 10.2 Å². The standard InChI is InChI=1S/C3H6.C2H2O5.2Li/c1-3-2;3-1(4)7-2(5)6;;/h3H,1H2,2H3;(H,3,4)(H,5,6);;. The Morgan fingerprint density at radius 3 is 1.67 bits per heavy atom. The summed E-state index contributed by atoms with van der Waals surface area (Å²) in [6.45, 7) is 2.22. The predicted octanol–water partition coefficient (Wildman–Crippen LogP) is 0.909. The molecule has 0 aliphatic rings. The number of hydrogen-bond donors (Lipinski definition) is 2. The average Bonchev–Trinajstić information content (AvgIpc) is 1.85. The first kappa shape index (κ1) is 14.5. The number of carbonyl (C=O) groups is 2. The molecule has 1 unspecified atom stereocenters.